The largest absolute Gasteiger partial charge is 0.494 e. The van der Waals surface area contributed by atoms with Gasteiger partial charge < -0.3 is 15.0 Å². The van der Waals surface area contributed by atoms with Crippen LogP contribution in [-0.2, 0) is 11.2 Å². The molecule has 1 aliphatic rings. The highest BCUT2D eigenvalue weighted by atomic mass is 16.5. The highest BCUT2D eigenvalue weighted by Crippen LogP contribution is 2.18. The van der Waals surface area contributed by atoms with Crippen molar-refractivity contribution in [3.63, 3.8) is 0 Å². The Bertz CT molecular complexity index is 836. The highest BCUT2D eigenvalue weighted by Gasteiger charge is 2.24. The van der Waals surface area contributed by atoms with E-state index in [2.05, 4.69) is 19.2 Å². The van der Waals surface area contributed by atoms with E-state index in [9.17, 15) is 9.59 Å². The second kappa shape index (κ2) is 10.3. The summed E-state index contributed by atoms with van der Waals surface area (Å²) in [5.41, 5.74) is 2.94. The number of nitrogens with one attached hydrogen (secondary N) is 1. The Morgan fingerprint density at radius 2 is 1.67 bits per heavy atom. The molecule has 2 amide bonds. The maximum Gasteiger partial charge on any atom is 0.253 e. The van der Waals surface area contributed by atoms with E-state index >= 15 is 0 Å². The van der Waals surface area contributed by atoms with Gasteiger partial charge in [0.1, 0.15) is 5.75 Å². The van der Waals surface area contributed by atoms with Gasteiger partial charge in [-0.3, -0.25) is 9.59 Å². The second-order valence-corrected chi connectivity index (χ2v) is 8.16. The lowest BCUT2D eigenvalue weighted by molar-refractivity contribution is -0.121. The summed E-state index contributed by atoms with van der Waals surface area (Å²) in [6.07, 6.45) is 1.92. The average Bonchev–Trinajstić information content (AvgIpc) is 2.75. The van der Waals surface area contributed by atoms with E-state index in [0.29, 0.717) is 32.0 Å². The van der Waals surface area contributed by atoms with Gasteiger partial charge in [0, 0.05) is 24.7 Å². The fourth-order valence-electron chi connectivity index (χ4n) is 3.75. The monoisotopic (exact) mass is 408 g/mol. The maximum absolute atomic E-state index is 12.8. The zero-order valence-corrected chi connectivity index (χ0v) is 18.2. The van der Waals surface area contributed by atoms with E-state index in [1.165, 1.54) is 5.56 Å². The number of nitrogens with zero attached hydrogens (tertiary/aromatic N) is 1. The first-order chi connectivity index (χ1) is 14.5. The number of ether oxygens (including phenoxy) is 1. The first-order valence-corrected chi connectivity index (χ1v) is 10.9. The highest BCUT2D eigenvalue weighted by molar-refractivity contribution is 5.94. The molecule has 0 saturated carbocycles. The molecule has 160 valence electrons. The molecule has 0 radical (unpaired) electrons. The number of hydrogen-bond donors (Lipinski definition) is 1. The number of benzene rings is 2. The summed E-state index contributed by atoms with van der Waals surface area (Å²) in [5.74, 6) is 1.37. The number of piperidine rings is 1. The maximum atomic E-state index is 12.8. The van der Waals surface area contributed by atoms with Crippen molar-refractivity contribution in [1.29, 1.82) is 0 Å². The van der Waals surface area contributed by atoms with E-state index in [0.717, 1.165) is 29.7 Å². The SMILES string of the molecule is CCOc1ccc(CC(=O)NC2CCN(C(=O)c3ccc(C(C)C)cc3)CC2)cc1. The van der Waals surface area contributed by atoms with Crippen LogP contribution in [0.4, 0.5) is 0 Å². The Balaban J connectivity index is 1.45. The molecule has 0 unspecified atom stereocenters. The van der Waals surface area contributed by atoms with Crippen LogP contribution in [0.3, 0.4) is 0 Å². The predicted molar refractivity (Wildman–Crippen MR) is 119 cm³/mol. The number of hydrogen-bond acceptors (Lipinski definition) is 3. The number of amides is 2. The topological polar surface area (TPSA) is 58.6 Å². The molecule has 0 aromatic heterocycles. The quantitative estimate of drug-likeness (QED) is 0.748. The third-order valence-corrected chi connectivity index (χ3v) is 5.57. The summed E-state index contributed by atoms with van der Waals surface area (Å²) >= 11 is 0. The van der Waals surface area contributed by atoms with Crippen LogP contribution in [0, 0.1) is 0 Å². The fraction of sp³-hybridized carbons (Fsp3) is 0.440. The smallest absolute Gasteiger partial charge is 0.253 e. The van der Waals surface area contributed by atoms with Crippen LogP contribution >= 0.6 is 0 Å². The molecule has 30 heavy (non-hydrogen) atoms. The van der Waals surface area contributed by atoms with Crippen molar-refractivity contribution in [2.24, 2.45) is 0 Å². The van der Waals surface area contributed by atoms with Crippen LogP contribution in [0.2, 0.25) is 0 Å². The molecule has 1 N–H and O–H groups in total. The summed E-state index contributed by atoms with van der Waals surface area (Å²) in [7, 11) is 0. The molecule has 0 bridgehead atoms. The molecular weight excluding hydrogens is 376 g/mol. The van der Waals surface area contributed by atoms with Gasteiger partial charge in [0.05, 0.1) is 13.0 Å². The van der Waals surface area contributed by atoms with Crippen LogP contribution in [0.1, 0.15) is 61.0 Å². The Morgan fingerprint density at radius 3 is 2.23 bits per heavy atom. The lowest BCUT2D eigenvalue weighted by Gasteiger charge is -2.32. The molecule has 0 spiro atoms. The van der Waals surface area contributed by atoms with Crippen LogP contribution < -0.4 is 10.1 Å². The van der Waals surface area contributed by atoms with Gasteiger partial charge >= 0.3 is 0 Å². The lowest BCUT2D eigenvalue weighted by Crippen LogP contribution is -2.46. The molecule has 1 fully saturated rings. The van der Waals surface area contributed by atoms with Crippen molar-refractivity contribution >= 4 is 11.8 Å². The van der Waals surface area contributed by atoms with Crippen LogP contribution in [0.15, 0.2) is 48.5 Å². The molecule has 5 heteroatoms. The molecule has 2 aromatic carbocycles. The molecule has 2 aromatic rings. The normalized spacial score (nSPS) is 14.6. The van der Waals surface area contributed by atoms with Gasteiger partial charge in [-0.25, -0.2) is 0 Å². The van der Waals surface area contributed by atoms with E-state index < -0.39 is 0 Å². The van der Waals surface area contributed by atoms with Crippen molar-refractivity contribution < 1.29 is 14.3 Å². The summed E-state index contributed by atoms with van der Waals surface area (Å²) in [6.45, 7) is 8.20. The number of carbonyl (C=O) groups excluding carboxylic acids is 2. The Labute approximate surface area is 179 Å². The van der Waals surface area contributed by atoms with Crippen molar-refractivity contribution in [2.75, 3.05) is 19.7 Å². The minimum atomic E-state index is 0.0215. The van der Waals surface area contributed by atoms with Gasteiger partial charge in [-0.1, -0.05) is 38.1 Å². The molecule has 1 saturated heterocycles. The molecular formula is C25H32N2O3. The molecule has 0 aliphatic carbocycles. The van der Waals surface area contributed by atoms with Crippen molar-refractivity contribution in [1.82, 2.24) is 10.2 Å². The third-order valence-electron chi connectivity index (χ3n) is 5.57. The summed E-state index contributed by atoms with van der Waals surface area (Å²) in [5, 5.41) is 3.12. The molecule has 5 nitrogen and oxygen atoms in total. The zero-order valence-electron chi connectivity index (χ0n) is 18.2. The number of rotatable bonds is 7. The first kappa shape index (κ1) is 21.9. The van der Waals surface area contributed by atoms with Crippen molar-refractivity contribution in [3.05, 3.63) is 65.2 Å². The summed E-state index contributed by atoms with van der Waals surface area (Å²) in [6, 6.07) is 15.7. The summed E-state index contributed by atoms with van der Waals surface area (Å²) < 4.78 is 5.43. The van der Waals surface area contributed by atoms with Gasteiger partial charge in [-0.05, 0) is 61.1 Å². The number of carbonyl (C=O) groups is 2. The molecule has 0 atom stereocenters. The minimum Gasteiger partial charge on any atom is -0.494 e. The van der Waals surface area contributed by atoms with Crippen LogP contribution in [0.5, 0.6) is 5.75 Å². The van der Waals surface area contributed by atoms with Gasteiger partial charge in [-0.2, -0.15) is 0 Å². The van der Waals surface area contributed by atoms with Gasteiger partial charge in [0.2, 0.25) is 5.91 Å². The zero-order chi connectivity index (χ0) is 21.5. The predicted octanol–water partition coefficient (Wildman–Crippen LogP) is 4.17. The van der Waals surface area contributed by atoms with Gasteiger partial charge in [0.15, 0.2) is 0 Å². The Kier molecular flexibility index (Phi) is 7.50. The van der Waals surface area contributed by atoms with Crippen LogP contribution in [0.25, 0.3) is 0 Å². The molecule has 1 heterocycles. The third kappa shape index (κ3) is 5.85. The van der Waals surface area contributed by atoms with E-state index in [-0.39, 0.29) is 17.9 Å². The van der Waals surface area contributed by atoms with Gasteiger partial charge in [0.25, 0.3) is 5.91 Å². The second-order valence-electron chi connectivity index (χ2n) is 8.16. The average molecular weight is 409 g/mol. The minimum absolute atomic E-state index is 0.0215. The number of likely N-dealkylation sites (tertiary alicyclic amines) is 1. The first-order valence-electron chi connectivity index (χ1n) is 10.9. The van der Waals surface area contributed by atoms with Crippen molar-refractivity contribution in [2.45, 2.75) is 52.0 Å². The van der Waals surface area contributed by atoms with E-state index in [1.54, 1.807) is 0 Å². The van der Waals surface area contributed by atoms with Gasteiger partial charge in [-0.15, -0.1) is 0 Å². The summed E-state index contributed by atoms with van der Waals surface area (Å²) in [4.78, 5) is 27.0. The standard InChI is InChI=1S/C25H32N2O3/c1-4-30-23-11-5-19(6-12-23)17-24(28)26-22-13-15-27(16-14-22)25(29)21-9-7-20(8-10-21)18(2)3/h5-12,18,22H,4,13-17H2,1-3H3,(H,26,28). The Hall–Kier alpha value is -2.82. The fourth-order valence-corrected chi connectivity index (χ4v) is 3.75. The van der Waals surface area contributed by atoms with Crippen molar-refractivity contribution in [3.8, 4) is 5.75 Å². The van der Waals surface area contributed by atoms with Crippen LogP contribution in [-0.4, -0.2) is 42.5 Å². The Morgan fingerprint density at radius 1 is 1.03 bits per heavy atom. The van der Waals surface area contributed by atoms with E-state index in [4.69, 9.17) is 4.74 Å². The molecule has 3 rings (SSSR count). The van der Waals surface area contributed by atoms with E-state index in [1.807, 2.05) is 60.4 Å². The molecule has 1 aliphatic heterocycles. The lowest BCUT2D eigenvalue weighted by atomic mass is 10.00.